The van der Waals surface area contributed by atoms with Gasteiger partial charge in [-0.3, -0.25) is 4.90 Å². The summed E-state index contributed by atoms with van der Waals surface area (Å²) in [5.74, 6) is -1.24. The van der Waals surface area contributed by atoms with Crippen LogP contribution in [0.15, 0.2) is 48.5 Å². The zero-order valence-electron chi connectivity index (χ0n) is 26.1. The van der Waals surface area contributed by atoms with E-state index < -0.39 is 29.3 Å². The number of aliphatic carboxylic acids is 1. The number of carbonyl (C=O) groups is 3. The lowest BCUT2D eigenvalue weighted by Crippen LogP contribution is -2.68. The van der Waals surface area contributed by atoms with E-state index in [0.717, 1.165) is 22.3 Å². The number of hydrogen-bond acceptors (Lipinski definition) is 6. The Morgan fingerprint density at radius 3 is 1.91 bits per heavy atom. The molecule has 2 aromatic carbocycles. The van der Waals surface area contributed by atoms with Crippen LogP contribution in [0.3, 0.4) is 0 Å². The first-order valence-electron chi connectivity index (χ1n) is 15.2. The van der Waals surface area contributed by atoms with E-state index in [4.69, 9.17) is 14.2 Å². The van der Waals surface area contributed by atoms with Crippen LogP contribution in [-0.4, -0.2) is 81.6 Å². The van der Waals surface area contributed by atoms with Crippen molar-refractivity contribution in [2.45, 2.75) is 102 Å². The van der Waals surface area contributed by atoms with Gasteiger partial charge in [-0.15, -0.1) is 0 Å². The van der Waals surface area contributed by atoms with Crippen molar-refractivity contribution in [3.63, 3.8) is 0 Å². The molecule has 9 nitrogen and oxygen atoms in total. The lowest BCUT2D eigenvalue weighted by Gasteiger charge is -2.52. The first-order valence-corrected chi connectivity index (χ1v) is 15.2. The number of carboxylic acids is 1. The van der Waals surface area contributed by atoms with E-state index in [9.17, 15) is 19.5 Å². The summed E-state index contributed by atoms with van der Waals surface area (Å²) < 4.78 is 17.7. The van der Waals surface area contributed by atoms with Crippen LogP contribution in [0.25, 0.3) is 11.1 Å². The fraction of sp³-hybridized carbons (Fsp3) is 0.559. The summed E-state index contributed by atoms with van der Waals surface area (Å²) in [6.07, 6.45) is -0.0178. The van der Waals surface area contributed by atoms with Crippen molar-refractivity contribution in [2.24, 2.45) is 0 Å². The van der Waals surface area contributed by atoms with Gasteiger partial charge in [0.15, 0.2) is 0 Å². The van der Waals surface area contributed by atoms with Gasteiger partial charge in [0.05, 0.1) is 11.7 Å². The molecule has 9 heteroatoms. The number of likely N-dealkylation sites (tertiary alicyclic amines) is 1. The molecule has 3 aliphatic rings. The number of carboxylic acid groups (broad SMARTS) is 1. The third-order valence-corrected chi connectivity index (χ3v) is 8.59. The average molecular weight is 593 g/mol. The topological polar surface area (TPSA) is 106 Å². The summed E-state index contributed by atoms with van der Waals surface area (Å²) in [4.78, 5) is 42.8. The van der Waals surface area contributed by atoms with E-state index in [1.165, 1.54) is 9.80 Å². The highest BCUT2D eigenvalue weighted by molar-refractivity contribution is 5.86. The van der Waals surface area contributed by atoms with Gasteiger partial charge in [0.2, 0.25) is 0 Å². The molecule has 1 aliphatic heterocycles. The van der Waals surface area contributed by atoms with Crippen molar-refractivity contribution in [2.75, 3.05) is 19.7 Å². The zero-order valence-corrected chi connectivity index (χ0v) is 26.1. The maximum Gasteiger partial charge on any atom is 0.411 e. The molecule has 1 N–H and O–H groups in total. The third kappa shape index (κ3) is 6.37. The quantitative estimate of drug-likeness (QED) is 0.412. The molecule has 2 aliphatic carbocycles. The highest BCUT2D eigenvalue weighted by atomic mass is 16.6. The number of piperidine rings is 1. The molecule has 0 radical (unpaired) electrons. The first-order chi connectivity index (χ1) is 20.2. The zero-order chi connectivity index (χ0) is 31.2. The third-order valence-electron chi connectivity index (χ3n) is 8.59. The average Bonchev–Trinajstić information content (AvgIpc) is 3.23. The molecule has 1 heterocycles. The van der Waals surface area contributed by atoms with Crippen molar-refractivity contribution < 1.29 is 33.7 Å². The van der Waals surface area contributed by atoms with E-state index in [1.807, 2.05) is 45.0 Å². The Bertz CT molecular complexity index is 1320. The number of fused-ring (bicyclic) bond motifs is 3. The summed E-state index contributed by atoms with van der Waals surface area (Å²) in [7, 11) is 0. The summed E-state index contributed by atoms with van der Waals surface area (Å²) in [6, 6.07) is 15.9. The van der Waals surface area contributed by atoms with Crippen LogP contribution in [0.5, 0.6) is 0 Å². The van der Waals surface area contributed by atoms with E-state index in [2.05, 4.69) is 24.3 Å². The van der Waals surface area contributed by atoms with E-state index in [0.29, 0.717) is 12.8 Å². The molecule has 1 saturated carbocycles. The predicted molar refractivity (Wildman–Crippen MR) is 162 cm³/mol. The standard InChI is InChI=1S/C34H44N2O7/c1-32(2,3)42-23-19-22(20-23)36(34(29(37)38)15-17-35(18-16-34)30(39)43-33(4,5)6)31(40)41-21-28-26-13-9-7-11-24(26)25-12-8-10-14-27(25)28/h7-14,22-23,28H,15-21H2,1-6H3,(H,37,38). The van der Waals surface area contributed by atoms with E-state index in [-0.39, 0.29) is 56.2 Å². The van der Waals surface area contributed by atoms with Crippen LogP contribution in [-0.2, 0) is 19.0 Å². The van der Waals surface area contributed by atoms with Crippen LogP contribution < -0.4 is 0 Å². The summed E-state index contributed by atoms with van der Waals surface area (Å²) in [5, 5.41) is 10.7. The van der Waals surface area contributed by atoms with Crippen LogP contribution in [0, 0.1) is 0 Å². The number of rotatable bonds is 6. The Morgan fingerprint density at radius 1 is 0.884 bits per heavy atom. The van der Waals surface area contributed by atoms with Gasteiger partial charge >= 0.3 is 18.2 Å². The number of amides is 2. The molecule has 5 rings (SSSR count). The number of ether oxygens (including phenoxy) is 3. The van der Waals surface area contributed by atoms with Gasteiger partial charge in [0, 0.05) is 25.0 Å². The van der Waals surface area contributed by atoms with Gasteiger partial charge < -0.3 is 24.2 Å². The fourth-order valence-electron chi connectivity index (χ4n) is 6.63. The smallest absolute Gasteiger partial charge is 0.411 e. The van der Waals surface area contributed by atoms with Crippen LogP contribution >= 0.6 is 0 Å². The van der Waals surface area contributed by atoms with Gasteiger partial charge in [-0.25, -0.2) is 14.4 Å². The summed E-state index contributed by atoms with van der Waals surface area (Å²) >= 11 is 0. The van der Waals surface area contributed by atoms with Gasteiger partial charge in [-0.05, 0) is 89.5 Å². The molecular formula is C34H44N2O7. The van der Waals surface area contributed by atoms with Crippen LogP contribution in [0.2, 0.25) is 0 Å². The SMILES string of the molecule is CC(C)(C)OC(=O)N1CCC(C(=O)O)(N(C(=O)OCC2c3ccccc3-c3ccccc32)C2CC(OC(C)(C)C)C2)CC1. The largest absolute Gasteiger partial charge is 0.479 e. The van der Waals surface area contributed by atoms with Crippen LogP contribution in [0.1, 0.15) is 84.3 Å². The molecule has 1 saturated heterocycles. The lowest BCUT2D eigenvalue weighted by atomic mass is 9.79. The molecule has 232 valence electrons. The number of nitrogens with zero attached hydrogens (tertiary/aromatic N) is 2. The predicted octanol–water partition coefficient (Wildman–Crippen LogP) is 6.44. The van der Waals surface area contributed by atoms with Crippen molar-refractivity contribution in [3.05, 3.63) is 59.7 Å². The Labute approximate surface area is 254 Å². The number of carbonyl (C=O) groups excluding carboxylic acids is 2. The maximum absolute atomic E-state index is 14.1. The Kier molecular flexibility index (Phi) is 8.24. The minimum atomic E-state index is -1.52. The Morgan fingerprint density at radius 2 is 1.42 bits per heavy atom. The minimum absolute atomic E-state index is 0.0765. The molecule has 0 atom stereocenters. The molecule has 0 bridgehead atoms. The molecule has 0 aromatic heterocycles. The maximum atomic E-state index is 14.1. The second kappa shape index (κ2) is 11.5. The molecular weight excluding hydrogens is 548 g/mol. The number of benzene rings is 2. The Hall–Kier alpha value is -3.59. The monoisotopic (exact) mass is 592 g/mol. The Balaban J connectivity index is 1.37. The molecule has 2 amide bonds. The van der Waals surface area contributed by atoms with Gasteiger partial charge in [0.1, 0.15) is 17.7 Å². The highest BCUT2D eigenvalue weighted by Crippen LogP contribution is 2.45. The molecule has 2 aromatic rings. The molecule has 0 unspecified atom stereocenters. The van der Waals surface area contributed by atoms with Crippen molar-refractivity contribution in [3.8, 4) is 11.1 Å². The normalized spacial score (nSPS) is 21.3. The summed E-state index contributed by atoms with van der Waals surface area (Å²) in [5.41, 5.74) is 1.88. The van der Waals surface area contributed by atoms with E-state index in [1.54, 1.807) is 20.8 Å². The van der Waals surface area contributed by atoms with Crippen molar-refractivity contribution >= 4 is 18.2 Å². The van der Waals surface area contributed by atoms with E-state index >= 15 is 0 Å². The fourth-order valence-corrected chi connectivity index (χ4v) is 6.63. The van der Waals surface area contributed by atoms with Crippen LogP contribution in [0.4, 0.5) is 9.59 Å². The molecule has 0 spiro atoms. The second-order valence-electron chi connectivity index (χ2n) is 14.0. The highest BCUT2D eigenvalue weighted by Gasteiger charge is 2.55. The van der Waals surface area contributed by atoms with Gasteiger partial charge in [-0.1, -0.05) is 48.5 Å². The van der Waals surface area contributed by atoms with Gasteiger partial charge in [-0.2, -0.15) is 0 Å². The molecule has 43 heavy (non-hydrogen) atoms. The van der Waals surface area contributed by atoms with Gasteiger partial charge in [0.25, 0.3) is 0 Å². The number of hydrogen-bond donors (Lipinski definition) is 1. The first kappa shape index (κ1) is 30.9. The minimum Gasteiger partial charge on any atom is -0.479 e. The van der Waals surface area contributed by atoms with Crippen molar-refractivity contribution in [1.29, 1.82) is 0 Å². The van der Waals surface area contributed by atoms with Crippen molar-refractivity contribution in [1.82, 2.24) is 9.80 Å². The molecule has 2 fully saturated rings. The lowest BCUT2D eigenvalue weighted by molar-refractivity contribution is -0.166. The second-order valence-corrected chi connectivity index (χ2v) is 14.0. The summed E-state index contributed by atoms with van der Waals surface area (Å²) in [6.45, 7) is 11.7.